The first-order valence-electron chi connectivity index (χ1n) is 9.69. The first-order chi connectivity index (χ1) is 13.5. The molecule has 9 nitrogen and oxygen atoms in total. The molecule has 0 aromatic carbocycles. The van der Waals surface area contributed by atoms with Crippen LogP contribution in [0.4, 0.5) is 0 Å². The van der Waals surface area contributed by atoms with Crippen molar-refractivity contribution in [2.24, 2.45) is 11.8 Å². The summed E-state index contributed by atoms with van der Waals surface area (Å²) < 4.78 is 12.9. The van der Waals surface area contributed by atoms with Crippen molar-refractivity contribution >= 4 is 17.5 Å². The van der Waals surface area contributed by atoms with Gasteiger partial charge in [-0.15, -0.1) is 0 Å². The Morgan fingerprint density at radius 1 is 1.43 bits per heavy atom. The fourth-order valence-corrected chi connectivity index (χ4v) is 5.32. The summed E-state index contributed by atoms with van der Waals surface area (Å²) in [5, 5.41) is 15.3. The smallest absolute Gasteiger partial charge is 0.275 e. The van der Waals surface area contributed by atoms with E-state index < -0.39 is 0 Å². The average molecular weight is 407 g/mol. The molecule has 4 atom stereocenters. The van der Waals surface area contributed by atoms with Gasteiger partial charge in [-0.2, -0.15) is 5.10 Å². The third kappa shape index (κ3) is 3.01. The van der Waals surface area contributed by atoms with E-state index in [9.17, 15) is 4.79 Å². The Bertz CT molecular complexity index is 884. The molecule has 3 aliphatic heterocycles. The molecule has 2 aromatic rings. The predicted molar refractivity (Wildman–Crippen MR) is 98.9 cm³/mol. The highest BCUT2D eigenvalue weighted by Gasteiger charge is 2.62. The van der Waals surface area contributed by atoms with Gasteiger partial charge in [-0.1, -0.05) is 16.8 Å². The van der Waals surface area contributed by atoms with Crippen molar-refractivity contribution in [3.8, 4) is 0 Å². The summed E-state index contributed by atoms with van der Waals surface area (Å²) >= 11 is 5.94. The Balaban J connectivity index is 1.21. The molecule has 0 aliphatic carbocycles. The zero-order valence-electron chi connectivity index (χ0n) is 15.7. The highest BCUT2D eigenvalue weighted by atomic mass is 35.5. The minimum Gasteiger partial charge on any atom is -0.370 e. The molecule has 1 amide bonds. The molecule has 5 rings (SSSR count). The maximum Gasteiger partial charge on any atom is 0.275 e. The first kappa shape index (κ1) is 18.1. The Kier molecular flexibility index (Phi) is 4.41. The standard InChI is InChI=1S/C18H23ClN6O3/c1-11-16(23-28-22-11)17(26)20-7-13-14-9-24(4-5-25-8-12(19)6-21-25)10-18(14)3-2-15(13)27-18/h6,8,13-15H,2-5,7,9-10H2,1H3,(H,20,26)/t13-,14+,15+,18+/m0/s1. The molecule has 1 spiro atoms. The maximum absolute atomic E-state index is 12.4. The van der Waals surface area contributed by atoms with Crippen LogP contribution in [0.3, 0.4) is 0 Å². The van der Waals surface area contributed by atoms with Gasteiger partial charge in [0.25, 0.3) is 5.91 Å². The Labute approximate surface area is 167 Å². The Hall–Kier alpha value is -1.97. The molecule has 0 unspecified atom stereocenters. The lowest BCUT2D eigenvalue weighted by atomic mass is 9.73. The number of carbonyl (C=O) groups is 1. The van der Waals surface area contributed by atoms with Gasteiger partial charge in [0, 0.05) is 44.2 Å². The molecule has 0 radical (unpaired) electrons. The lowest BCUT2D eigenvalue weighted by Gasteiger charge is -2.29. The number of halogens is 1. The molecule has 150 valence electrons. The van der Waals surface area contributed by atoms with Crippen LogP contribution in [-0.2, 0) is 11.3 Å². The molecular formula is C18H23ClN6O3. The molecule has 2 bridgehead atoms. The zero-order chi connectivity index (χ0) is 19.3. The summed E-state index contributed by atoms with van der Waals surface area (Å²) in [6.45, 7) is 5.94. The van der Waals surface area contributed by atoms with Gasteiger partial charge in [0.15, 0.2) is 5.69 Å². The lowest BCUT2D eigenvalue weighted by Crippen LogP contribution is -2.42. The second-order valence-electron chi connectivity index (χ2n) is 8.10. The van der Waals surface area contributed by atoms with E-state index in [1.165, 1.54) is 0 Å². The second-order valence-corrected chi connectivity index (χ2v) is 8.53. The zero-order valence-corrected chi connectivity index (χ0v) is 16.4. The molecular weight excluding hydrogens is 384 g/mol. The first-order valence-corrected chi connectivity index (χ1v) is 10.1. The van der Waals surface area contributed by atoms with Crippen molar-refractivity contribution in [3.05, 3.63) is 28.8 Å². The van der Waals surface area contributed by atoms with Gasteiger partial charge in [0.1, 0.15) is 5.69 Å². The maximum atomic E-state index is 12.4. The Morgan fingerprint density at radius 2 is 2.32 bits per heavy atom. The molecule has 1 N–H and O–H groups in total. The van der Waals surface area contributed by atoms with Crippen LogP contribution in [0.15, 0.2) is 17.0 Å². The van der Waals surface area contributed by atoms with Crippen LogP contribution in [0.1, 0.15) is 29.0 Å². The van der Waals surface area contributed by atoms with Crippen molar-refractivity contribution in [2.45, 2.75) is 38.0 Å². The molecule has 3 saturated heterocycles. The van der Waals surface area contributed by atoms with Crippen molar-refractivity contribution < 1.29 is 14.2 Å². The van der Waals surface area contributed by atoms with E-state index >= 15 is 0 Å². The van der Waals surface area contributed by atoms with E-state index in [4.69, 9.17) is 16.3 Å². The van der Waals surface area contributed by atoms with Gasteiger partial charge in [-0.25, -0.2) is 4.63 Å². The molecule has 3 fully saturated rings. The molecule has 0 saturated carbocycles. The SMILES string of the molecule is Cc1nonc1C(=O)NC[C@H]1[C@H]2CN(CCn3cc(Cl)cn3)C[C@]23CC[C@H]1O3. The monoisotopic (exact) mass is 406 g/mol. The molecule has 28 heavy (non-hydrogen) atoms. The van der Waals surface area contributed by atoms with Crippen LogP contribution in [0.25, 0.3) is 0 Å². The largest absolute Gasteiger partial charge is 0.370 e. The normalized spacial score (nSPS) is 31.4. The number of hydrogen-bond donors (Lipinski definition) is 1. The van der Waals surface area contributed by atoms with E-state index in [0.717, 1.165) is 39.0 Å². The quantitative estimate of drug-likeness (QED) is 0.767. The van der Waals surface area contributed by atoms with E-state index in [1.807, 2.05) is 10.9 Å². The minimum atomic E-state index is -0.235. The van der Waals surface area contributed by atoms with Crippen LogP contribution < -0.4 is 5.32 Å². The fourth-order valence-electron chi connectivity index (χ4n) is 5.17. The van der Waals surface area contributed by atoms with Gasteiger partial charge in [0.2, 0.25) is 0 Å². The highest BCUT2D eigenvalue weighted by Crippen LogP contribution is 2.54. The molecule has 2 aromatic heterocycles. The molecule has 3 aliphatic rings. The van der Waals surface area contributed by atoms with Crippen LogP contribution in [0.5, 0.6) is 0 Å². The van der Waals surface area contributed by atoms with E-state index in [-0.39, 0.29) is 23.3 Å². The van der Waals surface area contributed by atoms with Gasteiger partial charge < -0.3 is 10.1 Å². The number of carbonyl (C=O) groups excluding carboxylic acids is 1. The van der Waals surface area contributed by atoms with Crippen LogP contribution >= 0.6 is 11.6 Å². The third-order valence-electron chi connectivity index (χ3n) is 6.47. The number of nitrogens with zero attached hydrogens (tertiary/aromatic N) is 5. The second kappa shape index (κ2) is 6.82. The summed E-state index contributed by atoms with van der Waals surface area (Å²) in [6, 6.07) is 0. The van der Waals surface area contributed by atoms with Crippen molar-refractivity contribution in [1.29, 1.82) is 0 Å². The number of amides is 1. The number of aryl methyl sites for hydroxylation is 1. The van der Waals surface area contributed by atoms with Crippen molar-refractivity contribution in [2.75, 3.05) is 26.2 Å². The lowest BCUT2D eigenvalue weighted by molar-refractivity contribution is 0.00247. The van der Waals surface area contributed by atoms with E-state index in [0.29, 0.717) is 29.1 Å². The molecule has 10 heteroatoms. The van der Waals surface area contributed by atoms with E-state index in [2.05, 4.69) is 30.3 Å². The predicted octanol–water partition coefficient (Wildman–Crippen LogP) is 1.14. The third-order valence-corrected chi connectivity index (χ3v) is 6.66. The summed E-state index contributed by atoms with van der Waals surface area (Å²) in [5.74, 6) is 0.521. The van der Waals surface area contributed by atoms with Gasteiger partial charge >= 0.3 is 0 Å². The van der Waals surface area contributed by atoms with Crippen LogP contribution in [-0.4, -0.2) is 68.8 Å². The number of hydrogen-bond acceptors (Lipinski definition) is 7. The molecule has 5 heterocycles. The summed E-state index contributed by atoms with van der Waals surface area (Å²) in [6.07, 6.45) is 5.90. The summed E-state index contributed by atoms with van der Waals surface area (Å²) in [4.78, 5) is 14.8. The topological polar surface area (TPSA) is 98.3 Å². The Morgan fingerprint density at radius 3 is 3.07 bits per heavy atom. The number of likely N-dealkylation sites (tertiary alicyclic amines) is 1. The van der Waals surface area contributed by atoms with E-state index in [1.54, 1.807) is 13.1 Å². The van der Waals surface area contributed by atoms with Gasteiger partial charge in [-0.05, 0) is 24.9 Å². The minimum absolute atomic E-state index is 0.0623. The van der Waals surface area contributed by atoms with Gasteiger partial charge in [0.05, 0.1) is 29.5 Å². The number of nitrogens with one attached hydrogen (secondary N) is 1. The van der Waals surface area contributed by atoms with Crippen LogP contribution in [0, 0.1) is 18.8 Å². The van der Waals surface area contributed by atoms with Crippen LogP contribution in [0.2, 0.25) is 5.02 Å². The van der Waals surface area contributed by atoms with Gasteiger partial charge in [-0.3, -0.25) is 14.4 Å². The fraction of sp³-hybridized carbons (Fsp3) is 0.667. The average Bonchev–Trinajstić information content (AvgIpc) is 3.45. The van der Waals surface area contributed by atoms with Crippen molar-refractivity contribution in [1.82, 2.24) is 30.3 Å². The number of aromatic nitrogens is 4. The number of rotatable bonds is 6. The van der Waals surface area contributed by atoms with Crippen molar-refractivity contribution in [3.63, 3.8) is 0 Å². The summed E-state index contributed by atoms with van der Waals surface area (Å²) in [5.41, 5.74) is 0.696. The summed E-state index contributed by atoms with van der Waals surface area (Å²) in [7, 11) is 0. The number of ether oxygens (including phenoxy) is 1. The highest BCUT2D eigenvalue weighted by molar-refractivity contribution is 6.30. The number of fused-ring (bicyclic) bond motifs is 1.